The van der Waals surface area contributed by atoms with Crippen LogP contribution in [0, 0.1) is 6.92 Å². The van der Waals surface area contributed by atoms with Gasteiger partial charge in [-0.25, -0.2) is 0 Å². The summed E-state index contributed by atoms with van der Waals surface area (Å²) in [5, 5.41) is 3.62. The Balaban J connectivity index is 1.86. The maximum absolute atomic E-state index is 4.57. The number of pyridine rings is 1. The summed E-state index contributed by atoms with van der Waals surface area (Å²) < 4.78 is 1.15. The van der Waals surface area contributed by atoms with E-state index in [1.165, 1.54) is 28.9 Å². The smallest absolute Gasteiger partial charge is 0.0688 e. The van der Waals surface area contributed by atoms with Gasteiger partial charge in [-0.05, 0) is 61.6 Å². The molecule has 0 spiro atoms. The average molecular weight is 317 g/mol. The lowest BCUT2D eigenvalue weighted by Gasteiger charge is -2.26. The van der Waals surface area contributed by atoms with Gasteiger partial charge >= 0.3 is 0 Å². The molecule has 2 nitrogen and oxygen atoms in total. The molecule has 1 unspecified atom stereocenters. The van der Waals surface area contributed by atoms with E-state index >= 15 is 0 Å². The fourth-order valence-electron chi connectivity index (χ4n) is 2.69. The van der Waals surface area contributed by atoms with Gasteiger partial charge in [0.2, 0.25) is 0 Å². The van der Waals surface area contributed by atoms with Gasteiger partial charge in [-0.3, -0.25) is 4.98 Å². The SMILES string of the molecule is Cc1cc(NC2CCCc3cccnc32)ccc1Br. The minimum Gasteiger partial charge on any atom is -0.377 e. The second-order valence-corrected chi connectivity index (χ2v) is 5.96. The number of anilines is 1. The molecule has 3 rings (SSSR count). The summed E-state index contributed by atoms with van der Waals surface area (Å²) in [6, 6.07) is 11.0. The Kier molecular flexibility index (Phi) is 3.56. The molecule has 1 heterocycles. The Bertz CT molecular complexity index is 595. The molecule has 0 saturated heterocycles. The van der Waals surface area contributed by atoms with Crippen LogP contribution in [0.15, 0.2) is 41.0 Å². The lowest BCUT2D eigenvalue weighted by Crippen LogP contribution is -2.18. The van der Waals surface area contributed by atoms with Crippen LogP contribution in [0.2, 0.25) is 0 Å². The van der Waals surface area contributed by atoms with Gasteiger partial charge in [-0.15, -0.1) is 0 Å². The number of aryl methyl sites for hydroxylation is 2. The van der Waals surface area contributed by atoms with Crippen LogP contribution in [-0.4, -0.2) is 4.98 Å². The lowest BCUT2D eigenvalue weighted by atomic mass is 9.92. The second kappa shape index (κ2) is 5.33. The third-order valence-corrected chi connectivity index (χ3v) is 4.58. The highest BCUT2D eigenvalue weighted by Crippen LogP contribution is 2.31. The molecule has 2 aromatic rings. The summed E-state index contributed by atoms with van der Waals surface area (Å²) in [6.07, 6.45) is 5.43. The monoisotopic (exact) mass is 316 g/mol. The van der Waals surface area contributed by atoms with Crippen LogP contribution in [0.1, 0.15) is 35.7 Å². The van der Waals surface area contributed by atoms with Crippen LogP contribution in [0.4, 0.5) is 5.69 Å². The Labute approximate surface area is 122 Å². The van der Waals surface area contributed by atoms with Crippen LogP contribution in [0.5, 0.6) is 0 Å². The largest absolute Gasteiger partial charge is 0.377 e. The van der Waals surface area contributed by atoms with Gasteiger partial charge in [-0.1, -0.05) is 22.0 Å². The van der Waals surface area contributed by atoms with Crippen LogP contribution >= 0.6 is 15.9 Å². The highest BCUT2D eigenvalue weighted by molar-refractivity contribution is 9.10. The van der Waals surface area contributed by atoms with E-state index in [1.54, 1.807) is 0 Å². The molecule has 0 saturated carbocycles. The minimum atomic E-state index is 0.338. The molecule has 98 valence electrons. The average Bonchev–Trinajstić information content (AvgIpc) is 2.43. The van der Waals surface area contributed by atoms with Crippen LogP contribution in [-0.2, 0) is 6.42 Å². The predicted molar refractivity (Wildman–Crippen MR) is 82.4 cm³/mol. The molecule has 0 amide bonds. The highest BCUT2D eigenvalue weighted by atomic mass is 79.9. The van der Waals surface area contributed by atoms with Crippen molar-refractivity contribution in [2.24, 2.45) is 0 Å². The molecule has 0 bridgehead atoms. The quantitative estimate of drug-likeness (QED) is 0.872. The molecule has 0 aliphatic heterocycles. The molecule has 1 aliphatic rings. The fourth-order valence-corrected chi connectivity index (χ4v) is 2.93. The van der Waals surface area contributed by atoms with E-state index < -0.39 is 0 Å². The molecule has 0 radical (unpaired) electrons. The topological polar surface area (TPSA) is 24.9 Å². The minimum absolute atomic E-state index is 0.338. The molecular formula is C16H17BrN2. The number of nitrogens with zero attached hydrogens (tertiary/aromatic N) is 1. The Morgan fingerprint density at radius 3 is 3.05 bits per heavy atom. The van der Waals surface area contributed by atoms with E-state index in [9.17, 15) is 0 Å². The van der Waals surface area contributed by atoms with Crippen molar-refractivity contribution in [2.45, 2.75) is 32.2 Å². The fraction of sp³-hybridized carbons (Fsp3) is 0.312. The summed E-state index contributed by atoms with van der Waals surface area (Å²) >= 11 is 3.54. The summed E-state index contributed by atoms with van der Waals surface area (Å²) in [6.45, 7) is 2.11. The first kappa shape index (κ1) is 12.7. The number of hydrogen-bond donors (Lipinski definition) is 1. The molecule has 0 fully saturated rings. The van der Waals surface area contributed by atoms with Crippen molar-refractivity contribution >= 4 is 21.6 Å². The normalized spacial score (nSPS) is 17.9. The first-order valence-corrected chi connectivity index (χ1v) is 7.50. The Hall–Kier alpha value is -1.35. The van der Waals surface area contributed by atoms with Crippen molar-refractivity contribution in [1.82, 2.24) is 4.98 Å². The zero-order chi connectivity index (χ0) is 13.2. The van der Waals surface area contributed by atoms with Crippen molar-refractivity contribution in [3.05, 3.63) is 57.8 Å². The van der Waals surface area contributed by atoms with Gasteiger partial charge in [0.15, 0.2) is 0 Å². The number of aromatic nitrogens is 1. The zero-order valence-corrected chi connectivity index (χ0v) is 12.6. The third-order valence-electron chi connectivity index (χ3n) is 3.69. The van der Waals surface area contributed by atoms with Crippen molar-refractivity contribution in [2.75, 3.05) is 5.32 Å². The van der Waals surface area contributed by atoms with Gasteiger partial charge < -0.3 is 5.32 Å². The molecule has 1 aromatic heterocycles. The molecule has 3 heteroatoms. The Morgan fingerprint density at radius 1 is 1.32 bits per heavy atom. The van der Waals surface area contributed by atoms with Gasteiger partial charge in [0.1, 0.15) is 0 Å². The third kappa shape index (κ3) is 2.66. The van der Waals surface area contributed by atoms with E-state index in [2.05, 4.69) is 57.4 Å². The van der Waals surface area contributed by atoms with Crippen molar-refractivity contribution in [1.29, 1.82) is 0 Å². The lowest BCUT2D eigenvalue weighted by molar-refractivity contribution is 0.583. The molecule has 1 N–H and O–H groups in total. The summed E-state index contributed by atoms with van der Waals surface area (Å²) in [4.78, 5) is 4.57. The van der Waals surface area contributed by atoms with Crippen LogP contribution < -0.4 is 5.32 Å². The molecule has 19 heavy (non-hydrogen) atoms. The van der Waals surface area contributed by atoms with Gasteiger partial charge in [0, 0.05) is 16.4 Å². The number of rotatable bonds is 2. The maximum Gasteiger partial charge on any atom is 0.0688 e. The zero-order valence-electron chi connectivity index (χ0n) is 11.0. The standard InChI is InChI=1S/C16H17BrN2/c1-11-10-13(7-8-14(11)17)19-15-6-2-4-12-5-3-9-18-16(12)15/h3,5,7-10,15,19H,2,4,6H2,1H3. The molecule has 1 aromatic carbocycles. The first-order chi connectivity index (χ1) is 9.24. The maximum atomic E-state index is 4.57. The summed E-state index contributed by atoms with van der Waals surface area (Å²) in [5.74, 6) is 0. The number of benzene rings is 1. The molecular weight excluding hydrogens is 300 g/mol. The highest BCUT2D eigenvalue weighted by Gasteiger charge is 2.20. The molecule has 1 aliphatic carbocycles. The summed E-state index contributed by atoms with van der Waals surface area (Å²) in [5.41, 5.74) is 5.03. The van der Waals surface area contributed by atoms with Gasteiger partial charge in [-0.2, -0.15) is 0 Å². The van der Waals surface area contributed by atoms with Crippen LogP contribution in [0.25, 0.3) is 0 Å². The predicted octanol–water partition coefficient (Wildman–Crippen LogP) is 4.64. The second-order valence-electron chi connectivity index (χ2n) is 5.10. The van der Waals surface area contributed by atoms with Crippen molar-refractivity contribution in [3.8, 4) is 0 Å². The van der Waals surface area contributed by atoms with Gasteiger partial charge in [0.25, 0.3) is 0 Å². The van der Waals surface area contributed by atoms with E-state index in [-0.39, 0.29) is 0 Å². The number of nitrogens with one attached hydrogen (secondary N) is 1. The van der Waals surface area contributed by atoms with E-state index in [1.807, 2.05) is 12.3 Å². The van der Waals surface area contributed by atoms with E-state index in [0.717, 1.165) is 17.3 Å². The van der Waals surface area contributed by atoms with Crippen molar-refractivity contribution < 1.29 is 0 Å². The van der Waals surface area contributed by atoms with Crippen LogP contribution in [0.3, 0.4) is 0 Å². The first-order valence-electron chi connectivity index (χ1n) is 6.70. The number of fused-ring (bicyclic) bond motifs is 1. The van der Waals surface area contributed by atoms with Gasteiger partial charge in [0.05, 0.1) is 11.7 Å². The van der Waals surface area contributed by atoms with Crippen molar-refractivity contribution in [3.63, 3.8) is 0 Å². The van der Waals surface area contributed by atoms with E-state index in [4.69, 9.17) is 0 Å². The summed E-state index contributed by atoms with van der Waals surface area (Å²) in [7, 11) is 0. The van der Waals surface area contributed by atoms with E-state index in [0.29, 0.717) is 6.04 Å². The molecule has 1 atom stereocenters. The Morgan fingerprint density at radius 2 is 2.21 bits per heavy atom. The number of hydrogen-bond acceptors (Lipinski definition) is 2. The number of halogens is 1.